The van der Waals surface area contributed by atoms with Crippen LogP contribution in [0.2, 0.25) is 0 Å². The topological polar surface area (TPSA) is 82.9 Å². The molecule has 4 rings (SSSR count). The Balaban J connectivity index is 1.55. The third-order valence-corrected chi connectivity index (χ3v) is 7.89. The first-order valence-electron chi connectivity index (χ1n) is 11.2. The molecule has 1 unspecified atom stereocenters. The molecule has 0 aliphatic carbocycles. The Bertz CT molecular complexity index is 1160. The third kappa shape index (κ3) is 5.12. The summed E-state index contributed by atoms with van der Waals surface area (Å²) in [7, 11) is -2.44. The van der Waals surface area contributed by atoms with Crippen LogP contribution in [0.3, 0.4) is 0 Å². The lowest BCUT2D eigenvalue weighted by molar-refractivity contribution is 0.0911. The number of hydrogen-bond acceptors (Lipinski definition) is 5. The highest BCUT2D eigenvalue weighted by Gasteiger charge is 2.29. The number of hydrogen-bond donors (Lipinski definition) is 1. The molecule has 174 valence electrons. The van der Waals surface area contributed by atoms with Gasteiger partial charge in [0.05, 0.1) is 23.6 Å². The standard InChI is InChI=1S/C25H29N3O4S/c1-27(20-11-4-2-5-12-20)33(30,31)24-15-7-6-13-21(24)25(29)26-19-22(23-14-10-18-32-23)28-16-8-3-9-17-28/h2,4-7,10-15,18,22H,3,8-9,16-17,19H2,1H3,(H,26,29). The van der Waals surface area contributed by atoms with E-state index in [4.69, 9.17) is 4.42 Å². The molecule has 33 heavy (non-hydrogen) atoms. The number of nitrogens with one attached hydrogen (secondary N) is 1. The maximum Gasteiger partial charge on any atom is 0.264 e. The Morgan fingerprint density at radius 1 is 1.00 bits per heavy atom. The molecular formula is C25H29N3O4S. The average Bonchev–Trinajstić information content (AvgIpc) is 3.39. The molecule has 0 saturated carbocycles. The number of amides is 1. The summed E-state index contributed by atoms with van der Waals surface area (Å²) in [4.78, 5) is 15.5. The van der Waals surface area contributed by atoms with Gasteiger partial charge in [-0.2, -0.15) is 0 Å². The van der Waals surface area contributed by atoms with E-state index < -0.39 is 15.9 Å². The fourth-order valence-electron chi connectivity index (χ4n) is 4.21. The number of benzene rings is 2. The predicted molar refractivity (Wildman–Crippen MR) is 128 cm³/mol. The number of furan rings is 1. The van der Waals surface area contributed by atoms with Gasteiger partial charge >= 0.3 is 0 Å². The van der Waals surface area contributed by atoms with Crippen molar-refractivity contribution in [2.24, 2.45) is 0 Å². The van der Waals surface area contributed by atoms with E-state index >= 15 is 0 Å². The number of carbonyl (C=O) groups is 1. The number of nitrogens with zero attached hydrogens (tertiary/aromatic N) is 2. The summed E-state index contributed by atoms with van der Waals surface area (Å²) in [6, 6.07) is 18.8. The van der Waals surface area contributed by atoms with Crippen LogP contribution in [0.4, 0.5) is 5.69 Å². The van der Waals surface area contributed by atoms with Gasteiger partial charge in [0.1, 0.15) is 10.7 Å². The fraction of sp³-hybridized carbons (Fsp3) is 0.320. The quantitative estimate of drug-likeness (QED) is 0.540. The largest absolute Gasteiger partial charge is 0.468 e. The molecule has 2 aromatic carbocycles. The van der Waals surface area contributed by atoms with E-state index in [9.17, 15) is 13.2 Å². The van der Waals surface area contributed by atoms with Crippen LogP contribution in [0.5, 0.6) is 0 Å². The minimum atomic E-state index is -3.93. The van der Waals surface area contributed by atoms with Crippen LogP contribution in [0, 0.1) is 0 Å². The second kappa shape index (κ2) is 10.2. The van der Waals surface area contributed by atoms with Gasteiger partial charge < -0.3 is 9.73 Å². The summed E-state index contributed by atoms with van der Waals surface area (Å²) in [5.74, 6) is 0.367. The van der Waals surface area contributed by atoms with Crippen molar-refractivity contribution >= 4 is 21.6 Å². The van der Waals surface area contributed by atoms with E-state index in [2.05, 4.69) is 10.2 Å². The van der Waals surface area contributed by atoms with Crippen molar-refractivity contribution in [2.75, 3.05) is 31.0 Å². The van der Waals surface area contributed by atoms with Gasteiger partial charge in [-0.1, -0.05) is 36.8 Å². The van der Waals surface area contributed by atoms with Gasteiger partial charge in [0.25, 0.3) is 15.9 Å². The monoisotopic (exact) mass is 467 g/mol. The van der Waals surface area contributed by atoms with E-state index in [1.165, 1.54) is 23.8 Å². The van der Waals surface area contributed by atoms with Gasteiger partial charge in [-0.15, -0.1) is 0 Å². The first-order valence-corrected chi connectivity index (χ1v) is 12.6. The number of anilines is 1. The van der Waals surface area contributed by atoms with E-state index in [1.54, 1.807) is 48.7 Å². The number of para-hydroxylation sites is 1. The maximum atomic E-state index is 13.4. The molecule has 7 nitrogen and oxygen atoms in total. The van der Waals surface area contributed by atoms with E-state index in [-0.39, 0.29) is 16.5 Å². The smallest absolute Gasteiger partial charge is 0.264 e. The number of piperidine rings is 1. The number of likely N-dealkylation sites (tertiary alicyclic amines) is 1. The second-order valence-electron chi connectivity index (χ2n) is 8.14. The van der Waals surface area contributed by atoms with Crippen LogP contribution in [0.15, 0.2) is 82.3 Å². The molecule has 1 saturated heterocycles. The van der Waals surface area contributed by atoms with Gasteiger partial charge in [0.2, 0.25) is 0 Å². The third-order valence-electron chi connectivity index (χ3n) is 6.05. The van der Waals surface area contributed by atoms with Crippen LogP contribution in [0.1, 0.15) is 41.4 Å². The lowest BCUT2D eigenvalue weighted by Gasteiger charge is -2.33. The number of rotatable bonds is 8. The van der Waals surface area contributed by atoms with E-state index in [0.29, 0.717) is 12.2 Å². The zero-order chi connectivity index (χ0) is 23.3. The van der Waals surface area contributed by atoms with Gasteiger partial charge in [-0.25, -0.2) is 8.42 Å². The minimum absolute atomic E-state index is 0.0265. The second-order valence-corrected chi connectivity index (χ2v) is 10.1. The highest BCUT2D eigenvalue weighted by atomic mass is 32.2. The summed E-state index contributed by atoms with van der Waals surface area (Å²) < 4.78 is 33.5. The molecule has 1 aliphatic heterocycles. The maximum absolute atomic E-state index is 13.4. The van der Waals surface area contributed by atoms with Crippen molar-refractivity contribution in [3.63, 3.8) is 0 Å². The van der Waals surface area contributed by atoms with Crippen molar-refractivity contribution in [3.05, 3.63) is 84.3 Å². The molecule has 1 fully saturated rings. The molecular weight excluding hydrogens is 438 g/mol. The molecule has 1 aliphatic rings. The van der Waals surface area contributed by atoms with Crippen LogP contribution >= 0.6 is 0 Å². The molecule has 1 atom stereocenters. The molecule has 0 radical (unpaired) electrons. The number of carbonyl (C=O) groups excluding carboxylic acids is 1. The molecule has 1 amide bonds. The first-order chi connectivity index (χ1) is 16.0. The highest BCUT2D eigenvalue weighted by Crippen LogP contribution is 2.26. The van der Waals surface area contributed by atoms with E-state index in [1.807, 2.05) is 18.2 Å². The minimum Gasteiger partial charge on any atom is -0.468 e. The Hall–Kier alpha value is -3.10. The molecule has 3 aromatic rings. The lowest BCUT2D eigenvalue weighted by Crippen LogP contribution is -2.41. The van der Waals surface area contributed by atoms with Crippen LogP contribution < -0.4 is 9.62 Å². The summed E-state index contributed by atoms with van der Waals surface area (Å²) in [5, 5.41) is 2.95. The van der Waals surface area contributed by atoms with Crippen molar-refractivity contribution in [1.82, 2.24) is 10.2 Å². The average molecular weight is 468 g/mol. The molecule has 1 aromatic heterocycles. The first kappa shape index (κ1) is 23.1. The summed E-state index contributed by atoms with van der Waals surface area (Å²) in [5.41, 5.74) is 0.646. The Labute approximate surface area is 195 Å². The van der Waals surface area contributed by atoms with Crippen LogP contribution in [0.25, 0.3) is 0 Å². The highest BCUT2D eigenvalue weighted by molar-refractivity contribution is 7.92. The van der Waals surface area contributed by atoms with Gasteiger partial charge in [-0.05, 0) is 62.3 Å². The van der Waals surface area contributed by atoms with Gasteiger partial charge in [0, 0.05) is 13.6 Å². The van der Waals surface area contributed by atoms with Crippen molar-refractivity contribution < 1.29 is 17.6 Å². The normalized spacial score (nSPS) is 15.7. The Kier molecular flexibility index (Phi) is 7.15. The molecule has 0 bridgehead atoms. The molecule has 2 heterocycles. The van der Waals surface area contributed by atoms with Crippen molar-refractivity contribution in [1.29, 1.82) is 0 Å². The molecule has 0 spiro atoms. The van der Waals surface area contributed by atoms with Crippen molar-refractivity contribution in [2.45, 2.75) is 30.2 Å². The van der Waals surface area contributed by atoms with Crippen LogP contribution in [-0.2, 0) is 10.0 Å². The SMILES string of the molecule is CN(c1ccccc1)S(=O)(=O)c1ccccc1C(=O)NCC(c1ccco1)N1CCCCC1. The molecule has 1 N–H and O–H groups in total. The predicted octanol–water partition coefficient (Wildman–Crippen LogP) is 4.06. The van der Waals surface area contributed by atoms with Crippen molar-refractivity contribution in [3.8, 4) is 0 Å². The Morgan fingerprint density at radius 2 is 1.70 bits per heavy atom. The zero-order valence-corrected chi connectivity index (χ0v) is 19.5. The van der Waals surface area contributed by atoms with E-state index in [0.717, 1.165) is 31.7 Å². The summed E-state index contributed by atoms with van der Waals surface area (Å²) in [6.45, 7) is 2.21. The lowest BCUT2D eigenvalue weighted by atomic mass is 10.1. The van der Waals surface area contributed by atoms with Gasteiger partial charge in [-0.3, -0.25) is 14.0 Å². The Morgan fingerprint density at radius 3 is 2.39 bits per heavy atom. The molecule has 8 heteroatoms. The van der Waals surface area contributed by atoms with Crippen LogP contribution in [-0.4, -0.2) is 45.9 Å². The fourth-order valence-corrected chi connectivity index (χ4v) is 5.59. The summed E-state index contributed by atoms with van der Waals surface area (Å²) in [6.07, 6.45) is 5.05. The zero-order valence-electron chi connectivity index (χ0n) is 18.7. The van der Waals surface area contributed by atoms with Gasteiger partial charge in [0.15, 0.2) is 0 Å². The number of sulfonamides is 1. The summed E-state index contributed by atoms with van der Waals surface area (Å²) >= 11 is 0.